The zero-order valence-corrected chi connectivity index (χ0v) is 21.8. The zero-order valence-electron chi connectivity index (χ0n) is 20.2. The van der Waals surface area contributed by atoms with E-state index in [1.807, 2.05) is 0 Å². The molecule has 2 aliphatic heterocycles. The number of ether oxygens (including phenoxy) is 1. The van der Waals surface area contributed by atoms with E-state index in [4.69, 9.17) is 16.3 Å². The van der Waals surface area contributed by atoms with Gasteiger partial charge in [-0.3, -0.25) is 4.79 Å². The average molecular weight is 536 g/mol. The minimum atomic E-state index is -1.04. The van der Waals surface area contributed by atoms with Crippen LogP contribution in [0.1, 0.15) is 32.4 Å². The van der Waals surface area contributed by atoms with Gasteiger partial charge in [-0.2, -0.15) is 0 Å². The Morgan fingerprint density at radius 2 is 2.03 bits per heavy atom. The number of fused-ring (bicyclic) bond motifs is 1. The van der Waals surface area contributed by atoms with Crippen molar-refractivity contribution < 1.29 is 28.6 Å². The van der Waals surface area contributed by atoms with Gasteiger partial charge < -0.3 is 24.6 Å². The Hall–Kier alpha value is -2.98. The molecule has 192 valence electrons. The van der Waals surface area contributed by atoms with Crippen LogP contribution in [0.3, 0.4) is 0 Å². The van der Waals surface area contributed by atoms with Crippen LogP contribution in [0, 0.1) is 12.7 Å². The van der Waals surface area contributed by atoms with Crippen LogP contribution in [0.5, 0.6) is 0 Å². The number of allylic oxidation sites excluding steroid dienone is 2. The zero-order chi connectivity index (χ0) is 26.2. The van der Waals surface area contributed by atoms with Crippen molar-refractivity contribution in [1.82, 2.24) is 14.8 Å². The van der Waals surface area contributed by atoms with Crippen molar-refractivity contribution >= 4 is 52.2 Å². The fourth-order valence-corrected chi connectivity index (χ4v) is 5.85. The Kier molecular flexibility index (Phi) is 7.38. The maximum atomic E-state index is 15.2. The molecule has 2 N–H and O–H groups in total. The normalized spacial score (nSPS) is 18.0. The summed E-state index contributed by atoms with van der Waals surface area (Å²) in [5, 5.41) is 12.6. The van der Waals surface area contributed by atoms with Crippen LogP contribution in [0.2, 0.25) is 5.02 Å². The first-order chi connectivity index (χ1) is 17.0. The van der Waals surface area contributed by atoms with E-state index in [0.717, 1.165) is 4.90 Å². The van der Waals surface area contributed by atoms with Crippen molar-refractivity contribution in [3.05, 3.63) is 51.3 Å². The lowest BCUT2D eigenvalue weighted by atomic mass is 9.91. The average Bonchev–Trinajstić information content (AvgIpc) is 3.32. The minimum absolute atomic E-state index is 0.0462. The molecule has 3 heterocycles. The van der Waals surface area contributed by atoms with Crippen LogP contribution < -0.4 is 5.32 Å². The molecular formula is C25H27ClFN3O5S. The summed E-state index contributed by atoms with van der Waals surface area (Å²) < 4.78 is 22.3. The standard InChI is InChI=1S/C25H27ClFN3O5S/c1-4-16(23(32)33)11-14(2)36-22-15(3)30(21-17(22)5-6-18(26)20(21)27)12-19(31)29-9-7-25(8-10-29)13-28-24(34)35-25/h4-6,11H,7-10,12-13H2,1-3H3,(H,28,34)(H,32,33). The molecule has 4 rings (SSSR count). The van der Waals surface area contributed by atoms with E-state index in [1.54, 1.807) is 42.4 Å². The van der Waals surface area contributed by atoms with E-state index in [2.05, 4.69) is 5.32 Å². The van der Waals surface area contributed by atoms with E-state index in [0.29, 0.717) is 48.5 Å². The third-order valence-corrected chi connectivity index (χ3v) is 8.13. The first-order valence-electron chi connectivity index (χ1n) is 11.5. The lowest BCUT2D eigenvalue weighted by Crippen LogP contribution is -2.49. The molecule has 1 aromatic heterocycles. The number of carboxylic acid groups (broad SMARTS) is 1. The number of rotatable bonds is 6. The first-order valence-corrected chi connectivity index (χ1v) is 12.7. The second-order valence-electron chi connectivity index (χ2n) is 8.97. The van der Waals surface area contributed by atoms with Crippen molar-refractivity contribution in [2.24, 2.45) is 0 Å². The van der Waals surface area contributed by atoms with Gasteiger partial charge in [0.25, 0.3) is 0 Å². The lowest BCUT2D eigenvalue weighted by molar-refractivity contribution is -0.135. The summed E-state index contributed by atoms with van der Waals surface area (Å²) in [7, 11) is 0. The van der Waals surface area contributed by atoms with Gasteiger partial charge >= 0.3 is 12.1 Å². The molecule has 2 fully saturated rings. The fraction of sp³-hybridized carbons (Fsp3) is 0.400. The van der Waals surface area contributed by atoms with Crippen molar-refractivity contribution in [3.63, 3.8) is 0 Å². The number of aromatic nitrogens is 1. The van der Waals surface area contributed by atoms with Crippen LogP contribution in [0.15, 0.2) is 39.7 Å². The molecule has 0 radical (unpaired) electrons. The predicted molar refractivity (Wildman–Crippen MR) is 136 cm³/mol. The fourth-order valence-electron chi connectivity index (χ4n) is 4.66. The van der Waals surface area contributed by atoms with E-state index in [1.165, 1.54) is 23.9 Å². The molecule has 0 saturated carbocycles. The molecule has 2 aromatic rings. The Morgan fingerprint density at radius 3 is 2.61 bits per heavy atom. The van der Waals surface area contributed by atoms with Crippen LogP contribution in [-0.4, -0.2) is 57.8 Å². The summed E-state index contributed by atoms with van der Waals surface area (Å²) in [5.41, 5.74) is 0.489. The van der Waals surface area contributed by atoms with E-state index >= 15 is 4.39 Å². The van der Waals surface area contributed by atoms with Gasteiger partial charge in [-0.1, -0.05) is 29.4 Å². The number of benzene rings is 1. The third kappa shape index (κ3) is 4.97. The molecule has 1 aromatic carbocycles. The largest absolute Gasteiger partial charge is 0.478 e. The number of halogens is 2. The number of amides is 2. The molecule has 2 saturated heterocycles. The number of piperidine rings is 1. The second kappa shape index (κ2) is 10.2. The van der Waals surface area contributed by atoms with Crippen molar-refractivity contribution in [1.29, 1.82) is 0 Å². The van der Waals surface area contributed by atoms with Gasteiger partial charge in [-0.15, -0.1) is 0 Å². The number of aliphatic carboxylic acids is 1. The number of carbonyl (C=O) groups excluding carboxylic acids is 2. The quantitative estimate of drug-likeness (QED) is 0.311. The highest BCUT2D eigenvalue weighted by Gasteiger charge is 2.43. The van der Waals surface area contributed by atoms with E-state index in [9.17, 15) is 19.5 Å². The number of alkyl carbamates (subject to hydrolysis) is 1. The highest BCUT2D eigenvalue weighted by molar-refractivity contribution is 8.03. The number of carbonyl (C=O) groups is 3. The van der Waals surface area contributed by atoms with Gasteiger partial charge in [-0.25, -0.2) is 14.0 Å². The molecule has 8 nitrogen and oxygen atoms in total. The molecule has 0 atom stereocenters. The van der Waals surface area contributed by atoms with Crippen LogP contribution >= 0.6 is 23.4 Å². The number of thioether (sulfide) groups is 1. The van der Waals surface area contributed by atoms with Gasteiger partial charge in [0.1, 0.15) is 12.1 Å². The maximum Gasteiger partial charge on any atom is 0.407 e. The molecule has 1 spiro atoms. The van der Waals surface area contributed by atoms with Crippen molar-refractivity contribution in [2.45, 2.75) is 50.7 Å². The topological polar surface area (TPSA) is 101 Å². The predicted octanol–water partition coefficient (Wildman–Crippen LogP) is 4.87. The third-order valence-electron chi connectivity index (χ3n) is 6.68. The summed E-state index contributed by atoms with van der Waals surface area (Å²) in [5.74, 6) is -1.82. The number of likely N-dealkylation sites (tertiary alicyclic amines) is 1. The van der Waals surface area contributed by atoms with Gasteiger partial charge in [0.2, 0.25) is 5.91 Å². The van der Waals surface area contributed by atoms with E-state index < -0.39 is 23.5 Å². The summed E-state index contributed by atoms with van der Waals surface area (Å²) >= 11 is 7.41. The molecule has 2 aliphatic rings. The summed E-state index contributed by atoms with van der Waals surface area (Å²) in [6.07, 6.45) is 3.69. The van der Waals surface area contributed by atoms with Crippen molar-refractivity contribution in [3.8, 4) is 0 Å². The van der Waals surface area contributed by atoms with Crippen LogP contribution in [0.4, 0.5) is 9.18 Å². The summed E-state index contributed by atoms with van der Waals surface area (Å²) in [4.78, 5) is 39.3. The molecule has 0 bridgehead atoms. The Balaban J connectivity index is 1.62. The number of nitrogens with zero attached hydrogens (tertiary/aromatic N) is 2. The molecule has 2 amide bonds. The lowest BCUT2D eigenvalue weighted by Gasteiger charge is -2.37. The maximum absolute atomic E-state index is 15.2. The molecule has 0 unspecified atom stereocenters. The van der Waals surface area contributed by atoms with E-state index in [-0.39, 0.29) is 28.6 Å². The van der Waals surface area contributed by atoms with Gasteiger partial charge in [-0.05, 0) is 43.9 Å². The monoisotopic (exact) mass is 535 g/mol. The first kappa shape index (κ1) is 26.1. The van der Waals surface area contributed by atoms with Crippen molar-refractivity contribution in [2.75, 3.05) is 19.6 Å². The highest BCUT2D eigenvalue weighted by atomic mass is 35.5. The number of nitrogens with one attached hydrogen (secondary N) is 1. The minimum Gasteiger partial charge on any atom is -0.478 e. The SMILES string of the molecule is CC=C(C=C(C)Sc1c(C)n(CC(=O)N2CCC3(CC2)CNC(=O)O3)c2c(F)c(Cl)ccc12)C(=O)O. The van der Waals surface area contributed by atoms with Crippen LogP contribution in [0.25, 0.3) is 10.9 Å². The Labute approximate surface area is 217 Å². The summed E-state index contributed by atoms with van der Waals surface area (Å²) in [6, 6.07) is 3.19. The van der Waals surface area contributed by atoms with Gasteiger partial charge in [0, 0.05) is 41.9 Å². The number of hydrogen-bond acceptors (Lipinski definition) is 5. The van der Waals surface area contributed by atoms with Gasteiger partial charge in [0.15, 0.2) is 5.82 Å². The Bertz CT molecular complexity index is 1310. The number of hydrogen-bond donors (Lipinski definition) is 2. The van der Waals surface area contributed by atoms with Gasteiger partial charge in [0.05, 0.1) is 22.7 Å². The summed E-state index contributed by atoms with van der Waals surface area (Å²) in [6.45, 7) is 6.45. The smallest absolute Gasteiger partial charge is 0.407 e. The molecular weight excluding hydrogens is 509 g/mol. The highest BCUT2D eigenvalue weighted by Crippen LogP contribution is 2.40. The Morgan fingerprint density at radius 1 is 1.33 bits per heavy atom. The molecule has 11 heteroatoms. The number of carboxylic acids is 1. The van der Waals surface area contributed by atoms with Crippen LogP contribution in [-0.2, 0) is 20.9 Å². The second-order valence-corrected chi connectivity index (χ2v) is 10.6. The molecule has 36 heavy (non-hydrogen) atoms. The molecule has 0 aliphatic carbocycles.